The molecule has 0 radical (unpaired) electrons. The molecule has 4 rings (SSSR count). The van der Waals surface area contributed by atoms with Crippen LogP contribution in [0.3, 0.4) is 0 Å². The fourth-order valence-electron chi connectivity index (χ4n) is 3.75. The normalized spacial score (nSPS) is 18.6. The van der Waals surface area contributed by atoms with Crippen molar-refractivity contribution < 1.29 is 28.8 Å². The number of non-ortho nitro benzene ring substituents is 1. The third-order valence-electron chi connectivity index (χ3n) is 5.63. The van der Waals surface area contributed by atoms with Crippen LogP contribution in [-0.2, 0) is 25.7 Å². The molecule has 36 heavy (non-hydrogen) atoms. The minimum absolute atomic E-state index is 0.0664. The molecular weight excluding hydrogens is 488 g/mol. The molecule has 1 unspecified atom stereocenters. The van der Waals surface area contributed by atoms with Crippen molar-refractivity contribution in [3.8, 4) is 5.75 Å². The van der Waals surface area contributed by atoms with Crippen LogP contribution in [0.25, 0.3) is 0 Å². The summed E-state index contributed by atoms with van der Waals surface area (Å²) >= 11 is 1.44. The maximum absolute atomic E-state index is 13.1. The second-order valence-electron chi connectivity index (χ2n) is 8.25. The molecule has 2 heterocycles. The van der Waals surface area contributed by atoms with Crippen LogP contribution < -0.4 is 10.1 Å². The smallest absolute Gasteiger partial charge is 0.357 e. The standard InChI is InChI=1S/C24H24N4O7S/c1-26(2)18-14-36-23-20(25-19(29)13-34-17-6-4-3-5-7-17)22(30)27(23)21(18)24(31)35-12-15-8-10-16(11-9-15)28(32)33/h3-11,20,23H,12-14H2,1-2H3,(H,25,29)/t20?,23-/m1/s1. The van der Waals surface area contributed by atoms with Gasteiger partial charge in [0.05, 0.1) is 10.6 Å². The molecule has 1 N–H and O–H groups in total. The zero-order valence-corrected chi connectivity index (χ0v) is 20.4. The summed E-state index contributed by atoms with van der Waals surface area (Å²) in [7, 11) is 3.54. The van der Waals surface area contributed by atoms with Crippen LogP contribution >= 0.6 is 11.8 Å². The minimum atomic E-state index is -0.789. The fourth-order valence-corrected chi connectivity index (χ4v) is 5.20. The van der Waals surface area contributed by atoms with E-state index in [-0.39, 0.29) is 24.6 Å². The van der Waals surface area contributed by atoms with E-state index in [2.05, 4.69) is 5.32 Å². The van der Waals surface area contributed by atoms with Gasteiger partial charge < -0.3 is 19.7 Å². The van der Waals surface area contributed by atoms with Crippen LogP contribution in [-0.4, -0.2) is 70.4 Å². The second kappa shape index (κ2) is 10.7. The van der Waals surface area contributed by atoms with Crippen molar-refractivity contribution in [3.63, 3.8) is 0 Å². The molecule has 0 bridgehead atoms. The summed E-state index contributed by atoms with van der Waals surface area (Å²) in [5.74, 6) is -0.564. The second-order valence-corrected chi connectivity index (χ2v) is 9.35. The first kappa shape index (κ1) is 25.0. The van der Waals surface area contributed by atoms with E-state index in [1.54, 1.807) is 43.3 Å². The number of benzene rings is 2. The van der Waals surface area contributed by atoms with Gasteiger partial charge in [-0.05, 0) is 29.8 Å². The van der Waals surface area contributed by atoms with Gasteiger partial charge in [0.25, 0.3) is 17.5 Å². The van der Waals surface area contributed by atoms with E-state index >= 15 is 0 Å². The number of fused-ring (bicyclic) bond motifs is 1. The topological polar surface area (TPSA) is 131 Å². The summed E-state index contributed by atoms with van der Waals surface area (Å²) in [4.78, 5) is 51.8. The number of hydrogen-bond acceptors (Lipinski definition) is 9. The molecule has 0 saturated carbocycles. The van der Waals surface area contributed by atoms with Gasteiger partial charge in [0.15, 0.2) is 12.3 Å². The molecule has 2 atom stereocenters. The average Bonchev–Trinajstić information content (AvgIpc) is 2.88. The van der Waals surface area contributed by atoms with Gasteiger partial charge in [0, 0.05) is 32.0 Å². The lowest BCUT2D eigenvalue weighted by molar-refractivity contribution is -0.384. The van der Waals surface area contributed by atoms with E-state index < -0.39 is 34.1 Å². The van der Waals surface area contributed by atoms with Gasteiger partial charge in [0.2, 0.25) is 0 Å². The van der Waals surface area contributed by atoms with Crippen LogP contribution in [0.15, 0.2) is 66.0 Å². The lowest BCUT2D eigenvalue weighted by Crippen LogP contribution is -2.71. The predicted molar refractivity (Wildman–Crippen MR) is 131 cm³/mol. The van der Waals surface area contributed by atoms with Gasteiger partial charge in [-0.2, -0.15) is 0 Å². The zero-order chi connectivity index (χ0) is 25.8. The van der Waals surface area contributed by atoms with Gasteiger partial charge >= 0.3 is 5.97 Å². The molecule has 2 amide bonds. The minimum Gasteiger partial charge on any atom is -0.484 e. The van der Waals surface area contributed by atoms with Crippen LogP contribution in [0, 0.1) is 10.1 Å². The SMILES string of the molecule is CN(C)C1=C(C(=O)OCc2ccc([N+](=O)[O-])cc2)N2C(=O)C(NC(=O)COc3ccccc3)[C@H]2SC1. The number of nitrogens with zero attached hydrogens (tertiary/aromatic N) is 3. The van der Waals surface area contributed by atoms with E-state index in [9.17, 15) is 24.5 Å². The molecule has 0 spiro atoms. The number of carbonyl (C=O) groups is 3. The third kappa shape index (κ3) is 5.28. The molecule has 2 aromatic carbocycles. The molecule has 11 nitrogen and oxygen atoms in total. The highest BCUT2D eigenvalue weighted by molar-refractivity contribution is 8.00. The monoisotopic (exact) mass is 512 g/mol. The summed E-state index contributed by atoms with van der Waals surface area (Å²) < 4.78 is 10.9. The predicted octanol–water partition coefficient (Wildman–Crippen LogP) is 1.89. The van der Waals surface area contributed by atoms with Crippen LogP contribution in [0.4, 0.5) is 5.69 Å². The lowest BCUT2D eigenvalue weighted by atomic mass is 10.0. The van der Waals surface area contributed by atoms with Crippen molar-refractivity contribution in [2.75, 3.05) is 26.5 Å². The molecule has 2 aliphatic heterocycles. The van der Waals surface area contributed by atoms with E-state index in [1.807, 2.05) is 6.07 Å². The molecule has 2 aliphatic rings. The Morgan fingerprint density at radius 3 is 2.50 bits per heavy atom. The Morgan fingerprint density at radius 2 is 1.86 bits per heavy atom. The summed E-state index contributed by atoms with van der Waals surface area (Å²) in [6.45, 7) is -0.355. The quantitative estimate of drug-likeness (QED) is 0.232. The number of ether oxygens (including phenoxy) is 2. The Labute approximate surface area is 211 Å². The first-order valence-electron chi connectivity index (χ1n) is 11.0. The number of β-lactam (4-membered cyclic amide) rings is 1. The van der Waals surface area contributed by atoms with Crippen molar-refractivity contribution >= 4 is 35.2 Å². The number of thioether (sulfide) groups is 1. The summed E-state index contributed by atoms with van der Waals surface area (Å²) in [5, 5.41) is 13.1. The number of rotatable bonds is 9. The van der Waals surface area contributed by atoms with Crippen LogP contribution in [0.5, 0.6) is 5.75 Å². The summed E-state index contributed by atoms with van der Waals surface area (Å²) in [6.07, 6.45) is 0. The number of hydrogen-bond donors (Lipinski definition) is 1. The Bertz CT molecular complexity index is 1200. The highest BCUT2D eigenvalue weighted by Gasteiger charge is 2.54. The Kier molecular flexibility index (Phi) is 7.44. The number of carbonyl (C=O) groups excluding carboxylic acids is 3. The average molecular weight is 513 g/mol. The first-order chi connectivity index (χ1) is 17.3. The number of nitro benzene ring substituents is 1. The van der Waals surface area contributed by atoms with E-state index in [1.165, 1.54) is 40.9 Å². The molecule has 0 aliphatic carbocycles. The Morgan fingerprint density at radius 1 is 1.17 bits per heavy atom. The number of nitro groups is 1. The van der Waals surface area contributed by atoms with Gasteiger partial charge in [0.1, 0.15) is 23.8 Å². The molecular formula is C24H24N4O7S. The van der Waals surface area contributed by atoms with Crippen LogP contribution in [0.1, 0.15) is 5.56 Å². The Hall–Kier alpha value is -4.06. The molecule has 12 heteroatoms. The molecule has 188 valence electrons. The first-order valence-corrected chi connectivity index (χ1v) is 12.0. The van der Waals surface area contributed by atoms with Gasteiger partial charge in [-0.1, -0.05) is 18.2 Å². The summed E-state index contributed by atoms with van der Waals surface area (Å²) in [6, 6.07) is 13.7. The van der Waals surface area contributed by atoms with Gasteiger partial charge in [-0.3, -0.25) is 24.6 Å². The van der Waals surface area contributed by atoms with Gasteiger partial charge in [-0.15, -0.1) is 11.8 Å². The van der Waals surface area contributed by atoms with Crippen molar-refractivity contribution in [1.82, 2.24) is 15.1 Å². The number of nitrogens with one attached hydrogen (secondary N) is 1. The maximum Gasteiger partial charge on any atom is 0.357 e. The molecule has 2 aromatic rings. The van der Waals surface area contributed by atoms with Crippen molar-refractivity contribution in [1.29, 1.82) is 0 Å². The fraction of sp³-hybridized carbons (Fsp3) is 0.292. The summed E-state index contributed by atoms with van der Waals surface area (Å²) in [5.41, 5.74) is 1.25. The Balaban J connectivity index is 1.40. The van der Waals surface area contributed by atoms with E-state index in [0.29, 0.717) is 22.8 Å². The van der Waals surface area contributed by atoms with E-state index in [4.69, 9.17) is 9.47 Å². The van der Waals surface area contributed by atoms with Crippen molar-refractivity contribution in [2.45, 2.75) is 18.0 Å². The third-order valence-corrected chi connectivity index (χ3v) is 6.89. The van der Waals surface area contributed by atoms with Crippen LogP contribution in [0.2, 0.25) is 0 Å². The highest BCUT2D eigenvalue weighted by Crippen LogP contribution is 2.41. The largest absolute Gasteiger partial charge is 0.484 e. The molecule has 1 saturated heterocycles. The van der Waals surface area contributed by atoms with Gasteiger partial charge in [-0.25, -0.2) is 4.79 Å². The molecule has 1 fully saturated rings. The van der Waals surface area contributed by atoms with Crippen molar-refractivity contribution in [3.05, 3.63) is 81.7 Å². The number of para-hydroxylation sites is 1. The number of amides is 2. The maximum atomic E-state index is 13.1. The lowest BCUT2D eigenvalue weighted by Gasteiger charge is -2.50. The number of esters is 1. The van der Waals surface area contributed by atoms with E-state index in [0.717, 1.165) is 0 Å². The zero-order valence-electron chi connectivity index (χ0n) is 19.6. The van der Waals surface area contributed by atoms with Crippen molar-refractivity contribution in [2.24, 2.45) is 0 Å². The molecule has 0 aromatic heterocycles. The highest BCUT2D eigenvalue weighted by atomic mass is 32.2.